The van der Waals surface area contributed by atoms with Crippen LogP contribution in [-0.2, 0) is 6.42 Å². The molecule has 1 rings (SSSR count). The molecule has 90 valence electrons. The first-order valence-corrected chi connectivity index (χ1v) is 6.69. The summed E-state index contributed by atoms with van der Waals surface area (Å²) in [5.41, 5.74) is 1.35. The van der Waals surface area contributed by atoms with Gasteiger partial charge in [-0.2, -0.15) is 0 Å². The summed E-state index contributed by atoms with van der Waals surface area (Å²) >= 11 is 6.01. The summed E-state index contributed by atoms with van der Waals surface area (Å²) in [4.78, 5) is 0. The van der Waals surface area contributed by atoms with E-state index in [1.54, 1.807) is 0 Å². The van der Waals surface area contributed by atoms with E-state index in [-0.39, 0.29) is 0 Å². The second-order valence-corrected chi connectivity index (χ2v) is 4.53. The smallest absolute Gasteiger partial charge is 0.0380 e. The third-order valence-electron chi connectivity index (χ3n) is 2.97. The fourth-order valence-electron chi connectivity index (χ4n) is 1.91. The van der Waals surface area contributed by atoms with E-state index in [2.05, 4.69) is 43.4 Å². The van der Waals surface area contributed by atoms with Crippen LogP contribution in [0, 0.1) is 0 Å². The Morgan fingerprint density at radius 2 is 1.69 bits per heavy atom. The Morgan fingerprint density at radius 3 is 2.19 bits per heavy atom. The lowest BCUT2D eigenvalue weighted by Crippen LogP contribution is -2.40. The van der Waals surface area contributed by atoms with Gasteiger partial charge in [-0.25, -0.2) is 0 Å². The number of hydrogen-bond acceptors (Lipinski definition) is 1. The topological polar surface area (TPSA) is 12.0 Å². The van der Waals surface area contributed by atoms with E-state index in [1.165, 1.54) is 18.4 Å². The van der Waals surface area contributed by atoms with Gasteiger partial charge >= 0.3 is 0 Å². The Bertz CT molecular complexity index is 269. The largest absolute Gasteiger partial charge is 0.310 e. The molecule has 0 bridgehead atoms. The first-order valence-electron chi connectivity index (χ1n) is 6.16. The van der Waals surface area contributed by atoms with Gasteiger partial charge in [0.25, 0.3) is 0 Å². The van der Waals surface area contributed by atoms with E-state index in [0.717, 1.165) is 6.42 Å². The van der Waals surface area contributed by atoms with Crippen LogP contribution in [0.4, 0.5) is 0 Å². The molecule has 0 fully saturated rings. The molecule has 0 radical (unpaired) electrons. The van der Waals surface area contributed by atoms with E-state index in [9.17, 15) is 0 Å². The van der Waals surface area contributed by atoms with Gasteiger partial charge in [0.05, 0.1) is 0 Å². The highest BCUT2D eigenvalue weighted by molar-refractivity contribution is 6.18. The maximum atomic E-state index is 6.01. The van der Waals surface area contributed by atoms with E-state index in [4.69, 9.17) is 11.6 Å². The third-order valence-corrected chi connectivity index (χ3v) is 3.34. The van der Waals surface area contributed by atoms with Gasteiger partial charge in [-0.05, 0) is 24.8 Å². The van der Waals surface area contributed by atoms with Crippen molar-refractivity contribution in [2.75, 3.05) is 5.88 Å². The zero-order valence-corrected chi connectivity index (χ0v) is 11.0. The van der Waals surface area contributed by atoms with Gasteiger partial charge < -0.3 is 5.32 Å². The van der Waals surface area contributed by atoms with Crippen LogP contribution in [0.3, 0.4) is 0 Å². The summed E-state index contributed by atoms with van der Waals surface area (Å²) in [7, 11) is 0. The van der Waals surface area contributed by atoms with Gasteiger partial charge in [0.15, 0.2) is 0 Å². The van der Waals surface area contributed by atoms with Crippen molar-refractivity contribution in [2.24, 2.45) is 0 Å². The Labute approximate surface area is 104 Å². The molecule has 1 nitrogen and oxygen atoms in total. The zero-order valence-electron chi connectivity index (χ0n) is 10.2. The lowest BCUT2D eigenvalue weighted by molar-refractivity contribution is 0.425. The van der Waals surface area contributed by atoms with Gasteiger partial charge in [0, 0.05) is 18.0 Å². The molecule has 0 aliphatic rings. The summed E-state index contributed by atoms with van der Waals surface area (Å²) in [6.07, 6.45) is 3.35. The molecule has 16 heavy (non-hydrogen) atoms. The molecule has 0 amide bonds. The minimum Gasteiger partial charge on any atom is -0.310 e. The molecule has 2 heteroatoms. The van der Waals surface area contributed by atoms with E-state index >= 15 is 0 Å². The number of halogens is 1. The van der Waals surface area contributed by atoms with Gasteiger partial charge in [-0.1, -0.05) is 44.2 Å². The molecule has 0 saturated heterocycles. The summed E-state index contributed by atoms with van der Waals surface area (Å²) in [6.45, 7) is 4.43. The molecular formula is C14H22ClN. The molecule has 1 atom stereocenters. The molecule has 1 unspecified atom stereocenters. The molecule has 1 aromatic rings. The molecule has 0 saturated carbocycles. The van der Waals surface area contributed by atoms with Crippen molar-refractivity contribution >= 4 is 11.6 Å². The van der Waals surface area contributed by atoms with Crippen LogP contribution < -0.4 is 5.32 Å². The molecule has 0 heterocycles. The van der Waals surface area contributed by atoms with Crippen LogP contribution >= 0.6 is 11.6 Å². The highest BCUT2D eigenvalue weighted by Gasteiger charge is 2.12. The van der Waals surface area contributed by atoms with Crippen molar-refractivity contribution in [3.8, 4) is 0 Å². The first-order chi connectivity index (χ1) is 7.80. The van der Waals surface area contributed by atoms with Crippen LogP contribution in [0.1, 0.15) is 32.3 Å². The van der Waals surface area contributed by atoms with Crippen molar-refractivity contribution < 1.29 is 0 Å². The SMILES string of the molecule is CCC(CC)NC(CCl)Cc1ccccc1. The van der Waals surface area contributed by atoms with Crippen molar-refractivity contribution in [2.45, 2.75) is 45.2 Å². The zero-order chi connectivity index (χ0) is 11.8. The van der Waals surface area contributed by atoms with Crippen molar-refractivity contribution in [3.63, 3.8) is 0 Å². The third kappa shape index (κ3) is 4.54. The number of hydrogen-bond donors (Lipinski definition) is 1. The van der Waals surface area contributed by atoms with Crippen LogP contribution in [0.2, 0.25) is 0 Å². The lowest BCUT2D eigenvalue weighted by Gasteiger charge is -2.22. The van der Waals surface area contributed by atoms with Gasteiger partial charge in [-0.3, -0.25) is 0 Å². The molecule has 0 spiro atoms. The summed E-state index contributed by atoms with van der Waals surface area (Å²) in [6, 6.07) is 11.5. The Hall–Kier alpha value is -0.530. The monoisotopic (exact) mass is 239 g/mol. The van der Waals surface area contributed by atoms with Gasteiger partial charge in [-0.15, -0.1) is 11.6 Å². The Kier molecular flexibility index (Phi) is 6.51. The standard InChI is InChI=1S/C14H22ClN/c1-3-13(4-2)16-14(11-15)10-12-8-6-5-7-9-12/h5-9,13-14,16H,3-4,10-11H2,1-2H3. The predicted octanol–water partition coefficient (Wildman–Crippen LogP) is 3.61. The van der Waals surface area contributed by atoms with Crippen molar-refractivity contribution in [3.05, 3.63) is 35.9 Å². The molecule has 0 aromatic heterocycles. The fourth-order valence-corrected chi connectivity index (χ4v) is 2.11. The second-order valence-electron chi connectivity index (χ2n) is 4.22. The van der Waals surface area contributed by atoms with Crippen molar-refractivity contribution in [1.29, 1.82) is 0 Å². The maximum absolute atomic E-state index is 6.01. The van der Waals surface area contributed by atoms with Crippen LogP contribution in [-0.4, -0.2) is 18.0 Å². The minimum atomic E-state index is 0.383. The number of alkyl halides is 1. The Morgan fingerprint density at radius 1 is 1.06 bits per heavy atom. The van der Waals surface area contributed by atoms with Crippen LogP contribution in [0.25, 0.3) is 0 Å². The summed E-state index contributed by atoms with van der Waals surface area (Å²) < 4.78 is 0. The highest BCUT2D eigenvalue weighted by Crippen LogP contribution is 2.07. The average Bonchev–Trinajstić information content (AvgIpc) is 2.35. The highest BCUT2D eigenvalue weighted by atomic mass is 35.5. The fraction of sp³-hybridized carbons (Fsp3) is 0.571. The number of nitrogens with one attached hydrogen (secondary N) is 1. The van der Waals surface area contributed by atoms with Crippen LogP contribution in [0.5, 0.6) is 0 Å². The van der Waals surface area contributed by atoms with Crippen LogP contribution in [0.15, 0.2) is 30.3 Å². The summed E-state index contributed by atoms with van der Waals surface area (Å²) in [5.74, 6) is 0.672. The first kappa shape index (κ1) is 13.5. The minimum absolute atomic E-state index is 0.383. The van der Waals surface area contributed by atoms with Gasteiger partial charge in [0.1, 0.15) is 0 Å². The second kappa shape index (κ2) is 7.70. The van der Waals surface area contributed by atoms with E-state index in [0.29, 0.717) is 18.0 Å². The van der Waals surface area contributed by atoms with Gasteiger partial charge in [0.2, 0.25) is 0 Å². The molecule has 0 aliphatic heterocycles. The lowest BCUT2D eigenvalue weighted by atomic mass is 10.0. The maximum Gasteiger partial charge on any atom is 0.0380 e. The summed E-state index contributed by atoms with van der Waals surface area (Å²) in [5, 5.41) is 3.62. The van der Waals surface area contributed by atoms with E-state index in [1.807, 2.05) is 6.07 Å². The normalized spacial score (nSPS) is 13.0. The van der Waals surface area contributed by atoms with Crippen molar-refractivity contribution in [1.82, 2.24) is 5.32 Å². The average molecular weight is 240 g/mol. The predicted molar refractivity (Wildman–Crippen MR) is 72.2 cm³/mol. The van der Waals surface area contributed by atoms with E-state index < -0.39 is 0 Å². The molecule has 1 N–H and O–H groups in total. The number of rotatable bonds is 7. The molecule has 1 aromatic carbocycles. The molecule has 0 aliphatic carbocycles. The Balaban J connectivity index is 2.49. The quantitative estimate of drug-likeness (QED) is 0.717. The molecular weight excluding hydrogens is 218 g/mol. The number of benzene rings is 1.